The molecule has 0 aliphatic heterocycles. The van der Waals surface area contributed by atoms with Gasteiger partial charge < -0.3 is 14.8 Å². The zero-order valence-corrected chi connectivity index (χ0v) is 13.2. The molecule has 1 atom stereocenters. The lowest BCUT2D eigenvalue weighted by molar-refractivity contribution is -0.150. The molecule has 1 amide bonds. The molecule has 1 fully saturated rings. The Kier molecular flexibility index (Phi) is 5.97. The molecule has 0 unspecified atom stereocenters. The van der Waals surface area contributed by atoms with Gasteiger partial charge in [0, 0.05) is 12.1 Å². The minimum Gasteiger partial charge on any atom is -0.490 e. The molecule has 1 aliphatic carbocycles. The maximum atomic E-state index is 11.7. The Bertz CT molecular complexity index is 588. The van der Waals surface area contributed by atoms with Crippen LogP contribution in [0.5, 0.6) is 5.75 Å². The summed E-state index contributed by atoms with van der Waals surface area (Å²) < 4.78 is 10.4. The minimum atomic E-state index is -0.789. The van der Waals surface area contributed by atoms with E-state index in [1.807, 2.05) is 12.1 Å². The van der Waals surface area contributed by atoms with Crippen LogP contribution in [0.3, 0.4) is 0 Å². The lowest BCUT2D eigenvalue weighted by Gasteiger charge is -2.11. The molecule has 5 nitrogen and oxygen atoms in total. The highest BCUT2D eigenvalue weighted by molar-refractivity contribution is 5.90. The molecule has 1 aromatic carbocycles. The zero-order chi connectivity index (χ0) is 16.7. The second-order valence-corrected chi connectivity index (χ2v) is 5.36. The summed E-state index contributed by atoms with van der Waals surface area (Å²) in [5.74, 6) is -0.0663. The van der Waals surface area contributed by atoms with Gasteiger partial charge >= 0.3 is 5.97 Å². The molecular formula is C18H21NO4. The predicted molar refractivity (Wildman–Crippen MR) is 87.9 cm³/mol. The summed E-state index contributed by atoms with van der Waals surface area (Å²) in [6, 6.07) is 7.51. The Hall–Kier alpha value is -2.56. The number of hydrogen-bond donors (Lipinski definition) is 1. The van der Waals surface area contributed by atoms with Crippen LogP contribution >= 0.6 is 0 Å². The van der Waals surface area contributed by atoms with Crippen LogP contribution in [0.15, 0.2) is 43.0 Å². The first-order chi connectivity index (χ1) is 11.1. The van der Waals surface area contributed by atoms with Gasteiger partial charge in [0.25, 0.3) is 5.91 Å². The van der Waals surface area contributed by atoms with Gasteiger partial charge in [-0.2, -0.15) is 0 Å². The molecular weight excluding hydrogens is 294 g/mol. The topological polar surface area (TPSA) is 64.6 Å². The molecule has 1 aliphatic rings. The van der Waals surface area contributed by atoms with Crippen molar-refractivity contribution < 1.29 is 19.1 Å². The summed E-state index contributed by atoms with van der Waals surface area (Å²) >= 11 is 0. The number of carbonyl (C=O) groups is 2. The molecule has 122 valence electrons. The van der Waals surface area contributed by atoms with Crippen LogP contribution < -0.4 is 10.1 Å². The molecule has 0 spiro atoms. The van der Waals surface area contributed by atoms with Gasteiger partial charge in [0.2, 0.25) is 0 Å². The van der Waals surface area contributed by atoms with E-state index >= 15 is 0 Å². The Morgan fingerprint density at radius 3 is 2.65 bits per heavy atom. The third kappa shape index (κ3) is 5.98. The minimum absolute atomic E-state index is 0.251. The average molecular weight is 315 g/mol. The van der Waals surface area contributed by atoms with Crippen molar-refractivity contribution in [2.75, 3.05) is 6.61 Å². The molecule has 0 bridgehead atoms. The van der Waals surface area contributed by atoms with Crippen molar-refractivity contribution in [3.05, 3.63) is 48.6 Å². The molecule has 1 saturated carbocycles. The lowest BCUT2D eigenvalue weighted by atomic mass is 10.2. The van der Waals surface area contributed by atoms with Crippen LogP contribution in [0.25, 0.3) is 6.08 Å². The molecule has 5 heteroatoms. The van der Waals surface area contributed by atoms with Crippen LogP contribution in [0.2, 0.25) is 0 Å². The first-order valence-electron chi connectivity index (χ1n) is 7.61. The van der Waals surface area contributed by atoms with Crippen LogP contribution in [0, 0.1) is 0 Å². The van der Waals surface area contributed by atoms with Crippen LogP contribution in [0.1, 0.15) is 25.3 Å². The second kappa shape index (κ2) is 8.17. The molecule has 0 heterocycles. The molecule has 1 N–H and O–H groups in total. The van der Waals surface area contributed by atoms with Gasteiger partial charge in [-0.1, -0.05) is 24.8 Å². The van der Waals surface area contributed by atoms with Crippen molar-refractivity contribution >= 4 is 18.0 Å². The average Bonchev–Trinajstić information content (AvgIpc) is 3.35. The molecule has 2 rings (SSSR count). The van der Waals surface area contributed by atoms with E-state index in [1.54, 1.807) is 31.2 Å². The highest BCUT2D eigenvalue weighted by atomic mass is 16.5. The van der Waals surface area contributed by atoms with Crippen molar-refractivity contribution in [1.82, 2.24) is 5.32 Å². The highest BCUT2D eigenvalue weighted by Gasteiger charge is 2.26. The SMILES string of the molecule is C=CCOc1ccc(/C=C/C(=O)O[C@H](C)C(=O)NC2CC2)cc1. The Morgan fingerprint density at radius 1 is 1.35 bits per heavy atom. The lowest BCUT2D eigenvalue weighted by Crippen LogP contribution is -2.36. The number of rotatable bonds is 8. The number of benzene rings is 1. The quantitative estimate of drug-likeness (QED) is 0.455. The summed E-state index contributed by atoms with van der Waals surface area (Å²) in [5, 5.41) is 2.79. The summed E-state index contributed by atoms with van der Waals surface area (Å²) in [4.78, 5) is 23.4. The Morgan fingerprint density at radius 2 is 2.04 bits per heavy atom. The Labute approximate surface area is 136 Å². The predicted octanol–water partition coefficient (Wildman–Crippen LogP) is 2.47. The van der Waals surface area contributed by atoms with Gasteiger partial charge in [0.15, 0.2) is 6.10 Å². The van der Waals surface area contributed by atoms with Crippen molar-refractivity contribution in [2.45, 2.75) is 31.9 Å². The Balaban J connectivity index is 1.80. The van der Waals surface area contributed by atoms with E-state index in [2.05, 4.69) is 11.9 Å². The molecule has 1 aromatic rings. The normalized spacial score (nSPS) is 15.0. The summed E-state index contributed by atoms with van der Waals surface area (Å²) in [7, 11) is 0. The summed E-state index contributed by atoms with van der Waals surface area (Å²) in [6.45, 7) is 5.59. The van der Waals surface area contributed by atoms with Crippen molar-refractivity contribution in [3.63, 3.8) is 0 Å². The van der Waals surface area contributed by atoms with E-state index in [-0.39, 0.29) is 11.9 Å². The fraction of sp³-hybridized carbons (Fsp3) is 0.333. The number of esters is 1. The molecule has 0 aromatic heterocycles. The second-order valence-electron chi connectivity index (χ2n) is 5.36. The highest BCUT2D eigenvalue weighted by Crippen LogP contribution is 2.18. The van der Waals surface area contributed by atoms with Crippen molar-refractivity contribution in [3.8, 4) is 5.75 Å². The number of amides is 1. The zero-order valence-electron chi connectivity index (χ0n) is 13.2. The fourth-order valence-corrected chi connectivity index (χ4v) is 1.81. The van der Waals surface area contributed by atoms with Gasteiger partial charge in [-0.25, -0.2) is 4.79 Å². The van der Waals surface area contributed by atoms with Crippen molar-refractivity contribution in [2.24, 2.45) is 0 Å². The third-order valence-electron chi connectivity index (χ3n) is 3.25. The van der Waals surface area contributed by atoms with E-state index in [0.717, 1.165) is 24.2 Å². The van der Waals surface area contributed by atoms with Crippen LogP contribution in [0.4, 0.5) is 0 Å². The van der Waals surface area contributed by atoms with Crippen molar-refractivity contribution in [1.29, 1.82) is 0 Å². The first-order valence-corrected chi connectivity index (χ1v) is 7.61. The van der Waals surface area contributed by atoms with Crippen LogP contribution in [-0.2, 0) is 14.3 Å². The fourth-order valence-electron chi connectivity index (χ4n) is 1.81. The van der Waals surface area contributed by atoms with E-state index < -0.39 is 12.1 Å². The monoisotopic (exact) mass is 315 g/mol. The number of hydrogen-bond acceptors (Lipinski definition) is 4. The summed E-state index contributed by atoms with van der Waals surface area (Å²) in [5.41, 5.74) is 0.836. The van der Waals surface area contributed by atoms with Gasteiger partial charge in [0.05, 0.1) is 0 Å². The van der Waals surface area contributed by atoms with E-state index in [1.165, 1.54) is 6.08 Å². The van der Waals surface area contributed by atoms with Gasteiger partial charge in [0.1, 0.15) is 12.4 Å². The summed E-state index contributed by atoms with van der Waals surface area (Å²) in [6.07, 6.45) is 5.82. The number of nitrogens with one attached hydrogen (secondary N) is 1. The van der Waals surface area contributed by atoms with Gasteiger partial charge in [-0.15, -0.1) is 0 Å². The molecule has 23 heavy (non-hydrogen) atoms. The largest absolute Gasteiger partial charge is 0.490 e. The number of carbonyl (C=O) groups excluding carboxylic acids is 2. The van der Waals surface area contributed by atoms with Gasteiger partial charge in [-0.05, 0) is 43.5 Å². The number of ether oxygens (including phenoxy) is 2. The van der Waals surface area contributed by atoms with E-state index in [0.29, 0.717) is 6.61 Å². The van der Waals surface area contributed by atoms with E-state index in [9.17, 15) is 9.59 Å². The van der Waals surface area contributed by atoms with Crippen LogP contribution in [-0.4, -0.2) is 30.6 Å². The molecule has 0 saturated heterocycles. The maximum Gasteiger partial charge on any atom is 0.331 e. The smallest absolute Gasteiger partial charge is 0.331 e. The maximum absolute atomic E-state index is 11.7. The van der Waals surface area contributed by atoms with E-state index in [4.69, 9.17) is 9.47 Å². The molecule has 0 radical (unpaired) electrons. The first kappa shape index (κ1) is 16.8. The van der Waals surface area contributed by atoms with Gasteiger partial charge in [-0.3, -0.25) is 4.79 Å². The third-order valence-corrected chi connectivity index (χ3v) is 3.25. The standard InChI is InChI=1S/C18H21NO4/c1-3-12-22-16-9-4-14(5-10-16)6-11-17(20)23-13(2)18(21)19-15-7-8-15/h3-6,9-11,13,15H,1,7-8,12H2,2H3,(H,19,21)/b11-6+/t13-/m1/s1.